The number of aromatic nitrogens is 2. The Labute approximate surface area is 76.6 Å². The third-order valence-corrected chi connectivity index (χ3v) is 2.23. The highest BCUT2D eigenvalue weighted by Gasteiger charge is 2.35. The quantitative estimate of drug-likeness (QED) is 0.679. The van der Waals surface area contributed by atoms with E-state index in [0.717, 1.165) is 5.69 Å². The molecule has 70 valence electrons. The van der Waals surface area contributed by atoms with E-state index >= 15 is 0 Å². The molecule has 4 heteroatoms. The number of nitrogens with zero attached hydrogens (tertiary/aromatic N) is 2. The van der Waals surface area contributed by atoms with Crippen molar-refractivity contribution in [3.63, 3.8) is 0 Å². The van der Waals surface area contributed by atoms with Gasteiger partial charge in [0.05, 0.1) is 24.2 Å². The van der Waals surface area contributed by atoms with E-state index in [1.54, 1.807) is 12.4 Å². The number of hydrogen-bond acceptors (Lipinski definition) is 4. The third kappa shape index (κ3) is 1.55. The standard InChI is InChI=1S/C9H12N2O2/c1-7-4-10-5-8(11-7)9(12)2-3-13-6-9/h4-5,12H,2-3,6H2,1H3. The smallest absolute Gasteiger partial charge is 0.133 e. The molecule has 1 N–H and O–H groups in total. The van der Waals surface area contributed by atoms with Crippen molar-refractivity contribution < 1.29 is 9.84 Å². The number of rotatable bonds is 1. The van der Waals surface area contributed by atoms with Gasteiger partial charge in [-0.05, 0) is 6.92 Å². The average molecular weight is 180 g/mol. The molecule has 0 aliphatic carbocycles. The van der Waals surface area contributed by atoms with Crippen LogP contribution in [0.3, 0.4) is 0 Å². The summed E-state index contributed by atoms with van der Waals surface area (Å²) in [5, 5.41) is 10.1. The molecular weight excluding hydrogens is 168 g/mol. The zero-order valence-electron chi connectivity index (χ0n) is 7.53. The first kappa shape index (κ1) is 8.59. The van der Waals surface area contributed by atoms with E-state index in [1.165, 1.54) is 0 Å². The van der Waals surface area contributed by atoms with Gasteiger partial charge in [0.25, 0.3) is 0 Å². The summed E-state index contributed by atoms with van der Waals surface area (Å²) in [5.74, 6) is 0. The second kappa shape index (κ2) is 3.05. The highest BCUT2D eigenvalue weighted by Crippen LogP contribution is 2.28. The summed E-state index contributed by atoms with van der Waals surface area (Å²) in [6.45, 7) is 2.77. The molecule has 1 aliphatic heterocycles. The fraction of sp³-hybridized carbons (Fsp3) is 0.556. The van der Waals surface area contributed by atoms with Crippen LogP contribution in [0.5, 0.6) is 0 Å². The summed E-state index contributed by atoms with van der Waals surface area (Å²) in [4.78, 5) is 8.23. The fourth-order valence-electron chi connectivity index (χ4n) is 1.44. The molecule has 13 heavy (non-hydrogen) atoms. The summed E-state index contributed by atoms with van der Waals surface area (Å²) in [5.41, 5.74) is 0.516. The van der Waals surface area contributed by atoms with Crippen LogP contribution < -0.4 is 0 Å². The summed E-state index contributed by atoms with van der Waals surface area (Å²) in [6.07, 6.45) is 3.87. The molecule has 4 nitrogen and oxygen atoms in total. The lowest BCUT2D eigenvalue weighted by molar-refractivity contribution is 0.0190. The molecule has 0 spiro atoms. The molecule has 1 aromatic rings. The van der Waals surface area contributed by atoms with Crippen LogP contribution in [-0.2, 0) is 10.3 Å². The normalized spacial score (nSPS) is 27.8. The monoisotopic (exact) mass is 180 g/mol. The molecule has 1 saturated heterocycles. The molecular formula is C9H12N2O2. The fourth-order valence-corrected chi connectivity index (χ4v) is 1.44. The van der Waals surface area contributed by atoms with E-state index in [2.05, 4.69) is 9.97 Å². The second-order valence-electron chi connectivity index (χ2n) is 3.38. The topological polar surface area (TPSA) is 55.2 Å². The minimum atomic E-state index is -0.918. The first-order chi connectivity index (χ1) is 6.21. The van der Waals surface area contributed by atoms with Gasteiger partial charge in [0.1, 0.15) is 5.60 Å². The zero-order chi connectivity index (χ0) is 9.31. The van der Waals surface area contributed by atoms with Crippen LogP contribution in [0.4, 0.5) is 0 Å². The maximum atomic E-state index is 10.1. The molecule has 1 unspecified atom stereocenters. The molecule has 0 bridgehead atoms. The third-order valence-electron chi connectivity index (χ3n) is 2.23. The van der Waals surface area contributed by atoms with Crippen molar-refractivity contribution in [2.75, 3.05) is 13.2 Å². The average Bonchev–Trinajstić information content (AvgIpc) is 2.54. The maximum absolute atomic E-state index is 10.1. The first-order valence-corrected chi connectivity index (χ1v) is 4.30. The number of ether oxygens (including phenoxy) is 1. The van der Waals surface area contributed by atoms with Gasteiger partial charge in [0.15, 0.2) is 0 Å². The highest BCUT2D eigenvalue weighted by molar-refractivity contribution is 5.12. The van der Waals surface area contributed by atoms with Crippen molar-refractivity contribution in [1.29, 1.82) is 0 Å². The van der Waals surface area contributed by atoms with Crippen molar-refractivity contribution in [3.8, 4) is 0 Å². The lowest BCUT2D eigenvalue weighted by Gasteiger charge is -2.18. The van der Waals surface area contributed by atoms with Crippen LogP contribution in [0.1, 0.15) is 17.8 Å². The second-order valence-corrected chi connectivity index (χ2v) is 3.38. The van der Waals surface area contributed by atoms with Crippen molar-refractivity contribution in [2.45, 2.75) is 18.9 Å². The van der Waals surface area contributed by atoms with E-state index in [0.29, 0.717) is 25.3 Å². The molecule has 1 aromatic heterocycles. The van der Waals surface area contributed by atoms with Gasteiger partial charge in [-0.15, -0.1) is 0 Å². The Morgan fingerprint density at radius 3 is 3.00 bits per heavy atom. The van der Waals surface area contributed by atoms with Crippen molar-refractivity contribution in [1.82, 2.24) is 9.97 Å². The molecule has 0 radical (unpaired) electrons. The van der Waals surface area contributed by atoms with E-state index in [-0.39, 0.29) is 0 Å². The predicted molar refractivity (Wildman–Crippen MR) is 46.1 cm³/mol. The van der Waals surface area contributed by atoms with Gasteiger partial charge >= 0.3 is 0 Å². The Kier molecular flexibility index (Phi) is 2.01. The van der Waals surface area contributed by atoms with Gasteiger partial charge in [-0.2, -0.15) is 0 Å². The SMILES string of the molecule is Cc1cncc(C2(O)CCOC2)n1. The van der Waals surface area contributed by atoms with Gasteiger partial charge in [0, 0.05) is 19.2 Å². The molecule has 0 amide bonds. The van der Waals surface area contributed by atoms with Crippen LogP contribution in [0.15, 0.2) is 12.4 Å². The molecule has 2 rings (SSSR count). The lowest BCUT2D eigenvalue weighted by Crippen LogP contribution is -2.27. The van der Waals surface area contributed by atoms with E-state index in [9.17, 15) is 5.11 Å². The Hall–Kier alpha value is -1.00. The van der Waals surface area contributed by atoms with Crippen molar-refractivity contribution in [3.05, 3.63) is 23.8 Å². The molecule has 0 aromatic carbocycles. The van der Waals surface area contributed by atoms with Gasteiger partial charge in [0.2, 0.25) is 0 Å². The summed E-state index contributed by atoms with van der Waals surface area (Å²) >= 11 is 0. The lowest BCUT2D eigenvalue weighted by atomic mass is 10.00. The van der Waals surface area contributed by atoms with Crippen molar-refractivity contribution >= 4 is 0 Å². The van der Waals surface area contributed by atoms with Crippen LogP contribution >= 0.6 is 0 Å². The van der Waals surface area contributed by atoms with Crippen LogP contribution in [0.2, 0.25) is 0 Å². The first-order valence-electron chi connectivity index (χ1n) is 4.30. The van der Waals surface area contributed by atoms with Crippen molar-refractivity contribution in [2.24, 2.45) is 0 Å². The van der Waals surface area contributed by atoms with E-state index in [4.69, 9.17) is 4.74 Å². The molecule has 1 fully saturated rings. The highest BCUT2D eigenvalue weighted by atomic mass is 16.5. The summed E-state index contributed by atoms with van der Waals surface area (Å²) in [6, 6.07) is 0. The minimum absolute atomic E-state index is 0.325. The number of aryl methyl sites for hydroxylation is 1. The Bertz CT molecular complexity index is 308. The summed E-state index contributed by atoms with van der Waals surface area (Å²) in [7, 11) is 0. The number of aliphatic hydroxyl groups is 1. The zero-order valence-corrected chi connectivity index (χ0v) is 7.53. The largest absolute Gasteiger partial charge is 0.381 e. The van der Waals surface area contributed by atoms with Gasteiger partial charge in [-0.25, -0.2) is 0 Å². The molecule has 1 atom stereocenters. The molecule has 0 saturated carbocycles. The maximum Gasteiger partial charge on any atom is 0.133 e. The van der Waals surface area contributed by atoms with Gasteiger partial charge < -0.3 is 9.84 Å². The van der Waals surface area contributed by atoms with Crippen LogP contribution in [0.25, 0.3) is 0 Å². The Morgan fingerprint density at radius 1 is 1.54 bits per heavy atom. The van der Waals surface area contributed by atoms with Gasteiger partial charge in [-0.1, -0.05) is 0 Å². The van der Waals surface area contributed by atoms with Crippen LogP contribution in [-0.4, -0.2) is 28.3 Å². The molecule has 1 aliphatic rings. The van der Waals surface area contributed by atoms with Gasteiger partial charge in [-0.3, -0.25) is 9.97 Å². The Balaban J connectivity index is 2.33. The van der Waals surface area contributed by atoms with E-state index < -0.39 is 5.60 Å². The number of hydrogen-bond donors (Lipinski definition) is 1. The predicted octanol–water partition coefficient (Wildman–Crippen LogP) is 0.393. The van der Waals surface area contributed by atoms with Crippen LogP contribution in [0, 0.1) is 6.92 Å². The Morgan fingerprint density at radius 2 is 2.38 bits per heavy atom. The van der Waals surface area contributed by atoms with E-state index in [1.807, 2.05) is 6.92 Å². The summed E-state index contributed by atoms with van der Waals surface area (Å²) < 4.78 is 5.14. The minimum Gasteiger partial charge on any atom is -0.381 e. The molecule has 2 heterocycles.